The lowest BCUT2D eigenvalue weighted by molar-refractivity contribution is -0.121. The van der Waals surface area contributed by atoms with Crippen molar-refractivity contribution in [3.8, 4) is 0 Å². The number of nitrogens with zero attached hydrogens (tertiary/aromatic N) is 1. The fraction of sp³-hybridized carbons (Fsp3) is 0.700. The Bertz CT molecular complexity index is 325. The van der Waals surface area contributed by atoms with Crippen LogP contribution in [-0.4, -0.2) is 44.5 Å². The van der Waals surface area contributed by atoms with Gasteiger partial charge in [-0.15, -0.1) is 6.58 Å². The number of rotatable bonds is 8. The van der Waals surface area contributed by atoms with Crippen LogP contribution in [-0.2, 0) is 14.8 Å². The number of carbonyl (C=O) groups is 1. The minimum atomic E-state index is -3.31. The number of hydrogen-bond acceptors (Lipinski definition) is 3. The van der Waals surface area contributed by atoms with Gasteiger partial charge >= 0.3 is 0 Å². The zero-order chi connectivity index (χ0) is 12.6. The van der Waals surface area contributed by atoms with E-state index in [-0.39, 0.29) is 12.5 Å². The summed E-state index contributed by atoms with van der Waals surface area (Å²) in [5, 5.41) is 2.55. The summed E-state index contributed by atoms with van der Waals surface area (Å²) in [5.74, 6) is -0.304. The van der Waals surface area contributed by atoms with E-state index in [0.717, 1.165) is 19.1 Å². The maximum Gasteiger partial charge on any atom is 0.235 e. The molecule has 0 heterocycles. The predicted octanol–water partition coefficient (Wildman–Crippen LogP) is 0.350. The molecule has 6 heteroatoms. The first-order chi connectivity index (χ1) is 7.41. The van der Waals surface area contributed by atoms with Gasteiger partial charge in [-0.3, -0.25) is 4.79 Å². The monoisotopic (exact) mass is 248 g/mol. The summed E-state index contributed by atoms with van der Waals surface area (Å²) in [7, 11) is -3.31. The molecule has 0 saturated heterocycles. The van der Waals surface area contributed by atoms with Gasteiger partial charge in [-0.2, -0.15) is 4.31 Å². The minimum Gasteiger partial charge on any atom is -0.351 e. The van der Waals surface area contributed by atoms with Crippen molar-refractivity contribution in [2.45, 2.75) is 19.8 Å². The van der Waals surface area contributed by atoms with Gasteiger partial charge in [0.2, 0.25) is 15.9 Å². The SMILES string of the molecule is C=CCNC(=O)CN(CCCC)S(C)(=O)=O. The van der Waals surface area contributed by atoms with E-state index in [9.17, 15) is 13.2 Å². The van der Waals surface area contributed by atoms with Crippen LogP contribution in [0.5, 0.6) is 0 Å². The maximum absolute atomic E-state index is 11.4. The molecule has 94 valence electrons. The van der Waals surface area contributed by atoms with Crippen molar-refractivity contribution < 1.29 is 13.2 Å². The highest BCUT2D eigenvalue weighted by Gasteiger charge is 2.18. The Labute approximate surface area is 97.6 Å². The van der Waals surface area contributed by atoms with Crippen LogP contribution in [0.1, 0.15) is 19.8 Å². The molecule has 0 aliphatic rings. The Kier molecular flexibility index (Phi) is 7.00. The summed E-state index contributed by atoms with van der Waals surface area (Å²) in [5.41, 5.74) is 0. The fourth-order valence-electron chi connectivity index (χ4n) is 1.10. The van der Waals surface area contributed by atoms with Crippen molar-refractivity contribution in [2.24, 2.45) is 0 Å². The quantitative estimate of drug-likeness (QED) is 0.630. The van der Waals surface area contributed by atoms with E-state index in [0.29, 0.717) is 13.1 Å². The van der Waals surface area contributed by atoms with Crippen molar-refractivity contribution in [3.63, 3.8) is 0 Å². The van der Waals surface area contributed by atoms with Crippen molar-refractivity contribution in [1.29, 1.82) is 0 Å². The van der Waals surface area contributed by atoms with E-state index in [2.05, 4.69) is 11.9 Å². The number of unbranched alkanes of at least 4 members (excludes halogenated alkanes) is 1. The number of amides is 1. The van der Waals surface area contributed by atoms with Crippen molar-refractivity contribution in [1.82, 2.24) is 9.62 Å². The molecule has 0 aliphatic heterocycles. The lowest BCUT2D eigenvalue weighted by atomic mass is 10.3. The van der Waals surface area contributed by atoms with Gasteiger partial charge in [0.05, 0.1) is 12.8 Å². The molecule has 16 heavy (non-hydrogen) atoms. The Morgan fingerprint density at radius 2 is 2.12 bits per heavy atom. The summed E-state index contributed by atoms with van der Waals surface area (Å²) < 4.78 is 23.9. The molecule has 0 aromatic carbocycles. The van der Waals surface area contributed by atoms with Crippen LogP contribution in [0.25, 0.3) is 0 Å². The summed E-state index contributed by atoms with van der Waals surface area (Å²) >= 11 is 0. The topological polar surface area (TPSA) is 66.5 Å². The minimum absolute atomic E-state index is 0.118. The van der Waals surface area contributed by atoms with E-state index >= 15 is 0 Å². The molecule has 1 amide bonds. The second-order valence-electron chi connectivity index (χ2n) is 3.54. The first kappa shape index (κ1) is 15.1. The third kappa shape index (κ3) is 6.58. The third-order valence-electron chi connectivity index (χ3n) is 1.99. The first-order valence-electron chi connectivity index (χ1n) is 5.24. The van der Waals surface area contributed by atoms with Crippen LogP contribution in [0.2, 0.25) is 0 Å². The molecule has 0 unspecified atom stereocenters. The van der Waals surface area contributed by atoms with E-state index < -0.39 is 10.0 Å². The Morgan fingerprint density at radius 1 is 1.50 bits per heavy atom. The van der Waals surface area contributed by atoms with Crippen LogP contribution < -0.4 is 5.32 Å². The summed E-state index contributed by atoms with van der Waals surface area (Å²) in [6.45, 7) is 6.05. The third-order valence-corrected chi connectivity index (χ3v) is 3.24. The molecule has 0 bridgehead atoms. The molecule has 5 nitrogen and oxygen atoms in total. The molecule has 0 saturated carbocycles. The molecule has 0 aromatic heterocycles. The Balaban J connectivity index is 4.31. The summed E-state index contributed by atoms with van der Waals surface area (Å²) in [4.78, 5) is 11.4. The molecule has 1 N–H and O–H groups in total. The molecule has 0 spiro atoms. The van der Waals surface area contributed by atoms with Crippen LogP contribution in [0, 0.1) is 0 Å². The molecular formula is C10H20N2O3S. The summed E-state index contributed by atoms with van der Waals surface area (Å²) in [6, 6.07) is 0. The standard InChI is InChI=1S/C10H20N2O3S/c1-4-6-8-12(16(3,14)15)9-10(13)11-7-5-2/h5H,2,4,6-9H2,1,3H3,(H,11,13). The second-order valence-corrected chi connectivity index (χ2v) is 5.53. The molecule has 0 radical (unpaired) electrons. The molecule has 0 fully saturated rings. The smallest absolute Gasteiger partial charge is 0.235 e. The molecular weight excluding hydrogens is 228 g/mol. The van der Waals surface area contributed by atoms with Gasteiger partial charge in [0.15, 0.2) is 0 Å². The Hall–Kier alpha value is -0.880. The van der Waals surface area contributed by atoms with Gasteiger partial charge in [-0.05, 0) is 6.42 Å². The highest BCUT2D eigenvalue weighted by atomic mass is 32.2. The van der Waals surface area contributed by atoms with E-state index in [1.807, 2.05) is 6.92 Å². The van der Waals surface area contributed by atoms with Gasteiger partial charge in [0.25, 0.3) is 0 Å². The van der Waals surface area contributed by atoms with E-state index in [1.165, 1.54) is 4.31 Å². The maximum atomic E-state index is 11.4. The predicted molar refractivity (Wildman–Crippen MR) is 64.5 cm³/mol. The molecule has 0 atom stereocenters. The van der Waals surface area contributed by atoms with Gasteiger partial charge in [0, 0.05) is 13.1 Å². The first-order valence-corrected chi connectivity index (χ1v) is 7.09. The van der Waals surface area contributed by atoms with Crippen molar-refractivity contribution >= 4 is 15.9 Å². The molecule has 0 aliphatic carbocycles. The van der Waals surface area contributed by atoms with Gasteiger partial charge in [-0.1, -0.05) is 19.4 Å². The molecule has 0 aromatic rings. The number of sulfonamides is 1. The zero-order valence-electron chi connectivity index (χ0n) is 9.90. The highest BCUT2D eigenvalue weighted by Crippen LogP contribution is 2.00. The normalized spacial score (nSPS) is 11.4. The molecule has 0 rings (SSSR count). The number of hydrogen-bond donors (Lipinski definition) is 1. The largest absolute Gasteiger partial charge is 0.351 e. The van der Waals surface area contributed by atoms with Crippen LogP contribution in [0.4, 0.5) is 0 Å². The van der Waals surface area contributed by atoms with Crippen LogP contribution in [0.15, 0.2) is 12.7 Å². The number of carbonyl (C=O) groups excluding carboxylic acids is 1. The van der Waals surface area contributed by atoms with Gasteiger partial charge in [-0.25, -0.2) is 8.42 Å². The zero-order valence-corrected chi connectivity index (χ0v) is 10.7. The summed E-state index contributed by atoms with van der Waals surface area (Å²) in [6.07, 6.45) is 4.31. The van der Waals surface area contributed by atoms with Crippen molar-refractivity contribution in [2.75, 3.05) is 25.9 Å². The fourth-order valence-corrected chi connectivity index (χ4v) is 1.91. The van der Waals surface area contributed by atoms with Crippen LogP contribution >= 0.6 is 0 Å². The lowest BCUT2D eigenvalue weighted by Crippen LogP contribution is -2.40. The highest BCUT2D eigenvalue weighted by molar-refractivity contribution is 7.88. The van der Waals surface area contributed by atoms with Crippen molar-refractivity contribution in [3.05, 3.63) is 12.7 Å². The average Bonchev–Trinajstić information content (AvgIpc) is 2.19. The lowest BCUT2D eigenvalue weighted by Gasteiger charge is -2.18. The second kappa shape index (κ2) is 7.40. The van der Waals surface area contributed by atoms with Gasteiger partial charge < -0.3 is 5.32 Å². The van der Waals surface area contributed by atoms with Crippen LogP contribution in [0.3, 0.4) is 0 Å². The Morgan fingerprint density at radius 3 is 2.56 bits per heavy atom. The van der Waals surface area contributed by atoms with Gasteiger partial charge in [0.1, 0.15) is 0 Å². The number of nitrogens with one attached hydrogen (secondary N) is 1. The van der Waals surface area contributed by atoms with E-state index in [4.69, 9.17) is 0 Å². The van der Waals surface area contributed by atoms with E-state index in [1.54, 1.807) is 6.08 Å². The average molecular weight is 248 g/mol.